The van der Waals surface area contributed by atoms with Crippen LogP contribution < -0.4 is 5.32 Å². The summed E-state index contributed by atoms with van der Waals surface area (Å²) in [5.74, 6) is 0.625. The van der Waals surface area contributed by atoms with Crippen molar-refractivity contribution in [2.45, 2.75) is 17.9 Å². The van der Waals surface area contributed by atoms with Crippen LogP contribution in [-0.4, -0.2) is 22.3 Å². The van der Waals surface area contributed by atoms with E-state index in [1.165, 1.54) is 12.1 Å². The molecular weight excluding hydrogens is 261 g/mol. The summed E-state index contributed by atoms with van der Waals surface area (Å²) in [4.78, 5) is 9.47. The highest BCUT2D eigenvalue weighted by Gasteiger charge is 2.12. The van der Waals surface area contributed by atoms with Gasteiger partial charge in [-0.1, -0.05) is 6.92 Å². The maximum Gasteiger partial charge on any atom is 0.123 e. The van der Waals surface area contributed by atoms with E-state index in [4.69, 9.17) is 0 Å². The minimum absolute atomic E-state index is 0.147. The largest absolute Gasteiger partial charge is 0.308 e. The summed E-state index contributed by atoms with van der Waals surface area (Å²) < 4.78 is 12.8. The normalized spacial score (nSPS) is 12.3. The number of hydrogen-bond donors (Lipinski definition) is 1. The van der Waals surface area contributed by atoms with Crippen molar-refractivity contribution in [2.24, 2.45) is 0 Å². The van der Waals surface area contributed by atoms with Crippen LogP contribution in [0.5, 0.6) is 0 Å². The van der Waals surface area contributed by atoms with Gasteiger partial charge >= 0.3 is 0 Å². The Kier molecular flexibility index (Phi) is 5.30. The molecule has 0 spiro atoms. The molecule has 2 aromatic rings. The zero-order chi connectivity index (χ0) is 13.5. The second-order valence-corrected chi connectivity index (χ2v) is 5.10. The Morgan fingerprint density at radius 2 is 2.05 bits per heavy atom. The van der Waals surface area contributed by atoms with Crippen LogP contribution in [0.1, 0.15) is 18.7 Å². The van der Waals surface area contributed by atoms with Crippen LogP contribution in [0.2, 0.25) is 0 Å². The number of nitrogens with zero attached hydrogens (tertiary/aromatic N) is 2. The Bertz CT molecular complexity index is 490. The minimum atomic E-state index is -0.207. The van der Waals surface area contributed by atoms with Crippen LogP contribution in [0.25, 0.3) is 0 Å². The van der Waals surface area contributed by atoms with Crippen molar-refractivity contribution in [1.29, 1.82) is 0 Å². The molecule has 1 unspecified atom stereocenters. The smallest absolute Gasteiger partial charge is 0.123 e. The standard InChI is InChI=1S/C14H16FN3S/c1-2-17-14(13-9-16-7-8-18-13)10-19-12-5-3-11(15)4-6-12/h3-9,14,17H,2,10H2,1H3. The molecule has 19 heavy (non-hydrogen) atoms. The molecular formula is C14H16FN3S. The number of nitrogens with one attached hydrogen (secondary N) is 1. The number of aromatic nitrogens is 2. The molecule has 1 aromatic heterocycles. The minimum Gasteiger partial charge on any atom is -0.308 e. The molecule has 0 aliphatic carbocycles. The van der Waals surface area contributed by atoms with Gasteiger partial charge in [0.25, 0.3) is 0 Å². The van der Waals surface area contributed by atoms with Gasteiger partial charge in [0.05, 0.1) is 11.7 Å². The quantitative estimate of drug-likeness (QED) is 0.824. The van der Waals surface area contributed by atoms with Crippen LogP contribution in [0.4, 0.5) is 4.39 Å². The van der Waals surface area contributed by atoms with Gasteiger partial charge in [-0.3, -0.25) is 9.97 Å². The van der Waals surface area contributed by atoms with Crippen molar-refractivity contribution >= 4 is 11.8 Å². The third-order valence-corrected chi connectivity index (χ3v) is 3.73. The molecule has 1 heterocycles. The molecule has 0 bridgehead atoms. The van der Waals surface area contributed by atoms with Gasteiger partial charge in [-0.05, 0) is 30.8 Å². The van der Waals surface area contributed by atoms with E-state index < -0.39 is 0 Å². The van der Waals surface area contributed by atoms with Crippen LogP contribution in [0.15, 0.2) is 47.8 Å². The van der Waals surface area contributed by atoms with Gasteiger partial charge < -0.3 is 5.32 Å². The Labute approximate surface area is 116 Å². The van der Waals surface area contributed by atoms with E-state index in [2.05, 4.69) is 22.2 Å². The number of benzene rings is 1. The number of halogens is 1. The van der Waals surface area contributed by atoms with Gasteiger partial charge in [-0.25, -0.2) is 4.39 Å². The third-order valence-electron chi connectivity index (χ3n) is 2.62. The van der Waals surface area contributed by atoms with Crippen molar-refractivity contribution in [1.82, 2.24) is 15.3 Å². The average Bonchev–Trinajstić information content (AvgIpc) is 2.46. The lowest BCUT2D eigenvalue weighted by Gasteiger charge is -2.16. The Morgan fingerprint density at radius 3 is 2.68 bits per heavy atom. The predicted octanol–water partition coefficient (Wildman–Crippen LogP) is 3.06. The van der Waals surface area contributed by atoms with Crippen molar-refractivity contribution in [3.8, 4) is 0 Å². The fraction of sp³-hybridized carbons (Fsp3) is 0.286. The zero-order valence-corrected chi connectivity index (χ0v) is 11.5. The topological polar surface area (TPSA) is 37.8 Å². The Hall–Kier alpha value is -1.46. The van der Waals surface area contributed by atoms with Crippen LogP contribution in [0.3, 0.4) is 0 Å². The van der Waals surface area contributed by atoms with E-state index in [9.17, 15) is 4.39 Å². The second kappa shape index (κ2) is 7.21. The lowest BCUT2D eigenvalue weighted by Crippen LogP contribution is -2.24. The summed E-state index contributed by atoms with van der Waals surface area (Å²) in [5.41, 5.74) is 0.930. The number of thioether (sulfide) groups is 1. The van der Waals surface area contributed by atoms with Crippen LogP contribution in [0, 0.1) is 5.82 Å². The molecule has 0 saturated carbocycles. The molecule has 0 amide bonds. The van der Waals surface area contributed by atoms with Crippen LogP contribution in [-0.2, 0) is 0 Å². The molecule has 2 rings (SSSR count). The second-order valence-electron chi connectivity index (χ2n) is 4.01. The van der Waals surface area contributed by atoms with Gasteiger partial charge in [0.1, 0.15) is 5.82 Å². The highest BCUT2D eigenvalue weighted by Crippen LogP contribution is 2.23. The number of hydrogen-bond acceptors (Lipinski definition) is 4. The summed E-state index contributed by atoms with van der Waals surface area (Å²) >= 11 is 1.68. The molecule has 5 heteroatoms. The molecule has 0 aliphatic rings. The maximum absolute atomic E-state index is 12.8. The highest BCUT2D eigenvalue weighted by molar-refractivity contribution is 7.99. The Balaban J connectivity index is 1.99. The summed E-state index contributed by atoms with van der Waals surface area (Å²) in [6.45, 7) is 2.93. The van der Waals surface area contributed by atoms with Crippen LogP contribution >= 0.6 is 11.8 Å². The van der Waals surface area contributed by atoms with Crippen molar-refractivity contribution < 1.29 is 4.39 Å². The lowest BCUT2D eigenvalue weighted by atomic mass is 10.2. The number of rotatable bonds is 6. The first-order chi connectivity index (χ1) is 9.29. The van der Waals surface area contributed by atoms with Crippen molar-refractivity contribution in [3.63, 3.8) is 0 Å². The first kappa shape index (κ1) is 14.0. The van der Waals surface area contributed by atoms with E-state index in [0.717, 1.165) is 22.9 Å². The van der Waals surface area contributed by atoms with Crippen molar-refractivity contribution in [2.75, 3.05) is 12.3 Å². The highest BCUT2D eigenvalue weighted by atomic mass is 32.2. The zero-order valence-electron chi connectivity index (χ0n) is 10.7. The molecule has 1 N–H and O–H groups in total. The first-order valence-corrected chi connectivity index (χ1v) is 7.16. The van der Waals surface area contributed by atoms with Gasteiger partial charge in [0, 0.05) is 29.2 Å². The van der Waals surface area contributed by atoms with E-state index in [0.29, 0.717) is 0 Å². The molecule has 3 nitrogen and oxygen atoms in total. The van der Waals surface area contributed by atoms with Gasteiger partial charge in [-0.15, -0.1) is 11.8 Å². The average molecular weight is 277 g/mol. The van der Waals surface area contributed by atoms with E-state index in [-0.39, 0.29) is 11.9 Å². The SMILES string of the molecule is CCNC(CSc1ccc(F)cc1)c1cnccn1. The lowest BCUT2D eigenvalue weighted by molar-refractivity contribution is 0.588. The van der Waals surface area contributed by atoms with E-state index in [1.54, 1.807) is 42.5 Å². The van der Waals surface area contributed by atoms with Crippen molar-refractivity contribution in [3.05, 3.63) is 54.4 Å². The fourth-order valence-electron chi connectivity index (χ4n) is 1.70. The first-order valence-electron chi connectivity index (χ1n) is 6.17. The third kappa shape index (κ3) is 4.29. The van der Waals surface area contributed by atoms with E-state index >= 15 is 0 Å². The summed E-state index contributed by atoms with van der Waals surface area (Å²) in [6, 6.07) is 6.69. The van der Waals surface area contributed by atoms with Gasteiger partial charge in [0.15, 0.2) is 0 Å². The molecule has 0 saturated heterocycles. The fourth-order valence-corrected chi connectivity index (χ4v) is 2.67. The van der Waals surface area contributed by atoms with E-state index in [1.807, 2.05) is 0 Å². The molecule has 0 fully saturated rings. The molecule has 100 valence electrons. The maximum atomic E-state index is 12.8. The summed E-state index contributed by atoms with van der Waals surface area (Å²) in [5, 5.41) is 3.38. The van der Waals surface area contributed by atoms with Gasteiger partial charge in [-0.2, -0.15) is 0 Å². The predicted molar refractivity (Wildman–Crippen MR) is 75.6 cm³/mol. The molecule has 1 aromatic carbocycles. The summed E-state index contributed by atoms with van der Waals surface area (Å²) in [7, 11) is 0. The summed E-state index contributed by atoms with van der Waals surface area (Å²) in [6.07, 6.45) is 5.14. The molecule has 0 aliphatic heterocycles. The van der Waals surface area contributed by atoms with Gasteiger partial charge in [0.2, 0.25) is 0 Å². The Morgan fingerprint density at radius 1 is 1.26 bits per heavy atom. The molecule has 1 atom stereocenters. The monoisotopic (exact) mass is 277 g/mol. The molecule has 0 radical (unpaired) electrons.